The summed E-state index contributed by atoms with van der Waals surface area (Å²) in [5.74, 6) is -1.45. The van der Waals surface area contributed by atoms with Crippen molar-refractivity contribution in [3.05, 3.63) is 71.6 Å². The minimum atomic E-state index is -1.07. The minimum Gasteiger partial charge on any atom is -0.486 e. The Morgan fingerprint density at radius 2 is 1.95 bits per heavy atom. The molecule has 0 amide bonds. The van der Waals surface area contributed by atoms with Crippen molar-refractivity contribution in [3.63, 3.8) is 0 Å². The lowest BCUT2D eigenvalue weighted by Crippen LogP contribution is -1.97. The van der Waals surface area contributed by atoms with Crippen molar-refractivity contribution in [2.45, 2.75) is 6.61 Å². The number of carbonyl (C=O) groups is 1. The van der Waals surface area contributed by atoms with Crippen molar-refractivity contribution in [3.8, 4) is 5.75 Å². The van der Waals surface area contributed by atoms with Crippen LogP contribution in [0.3, 0.4) is 0 Å². The fourth-order valence-electron chi connectivity index (χ4n) is 1.64. The van der Waals surface area contributed by atoms with Crippen molar-refractivity contribution in [2.75, 3.05) is 0 Å². The maximum atomic E-state index is 13.8. The van der Waals surface area contributed by atoms with E-state index < -0.39 is 11.8 Å². The molecule has 0 bridgehead atoms. The molecule has 2 rings (SSSR count). The lowest BCUT2D eigenvalue weighted by Gasteiger charge is -2.07. The summed E-state index contributed by atoms with van der Waals surface area (Å²) >= 11 is 0. The van der Waals surface area contributed by atoms with E-state index >= 15 is 0 Å². The normalized spacial score (nSPS) is 10.7. The van der Waals surface area contributed by atoms with Gasteiger partial charge < -0.3 is 9.84 Å². The summed E-state index contributed by atoms with van der Waals surface area (Å²) in [7, 11) is 0. The Hall–Kier alpha value is -2.62. The molecule has 3 nitrogen and oxygen atoms in total. The number of rotatable bonds is 5. The number of hydrogen-bond acceptors (Lipinski definition) is 2. The van der Waals surface area contributed by atoms with Gasteiger partial charge in [-0.2, -0.15) is 0 Å². The van der Waals surface area contributed by atoms with Crippen LogP contribution in [0, 0.1) is 5.82 Å². The molecule has 102 valence electrons. The van der Waals surface area contributed by atoms with Gasteiger partial charge >= 0.3 is 5.97 Å². The molecule has 1 N–H and O–H groups in total. The smallest absolute Gasteiger partial charge is 0.328 e. The van der Waals surface area contributed by atoms with Crippen molar-refractivity contribution < 1.29 is 19.0 Å². The number of hydrogen-bond donors (Lipinski definition) is 1. The zero-order valence-corrected chi connectivity index (χ0v) is 10.6. The standard InChI is InChI=1S/C16H13FO3/c17-14-10-12(7-9-16(18)19)6-8-15(14)20-11-13-4-2-1-3-5-13/h1-10H,11H2,(H,18,19)/b9-7+. The number of carboxylic acid groups (broad SMARTS) is 1. The van der Waals surface area contributed by atoms with Gasteiger partial charge in [0.15, 0.2) is 11.6 Å². The Kier molecular flexibility index (Phi) is 4.50. The van der Waals surface area contributed by atoms with Gasteiger partial charge in [0.25, 0.3) is 0 Å². The summed E-state index contributed by atoms with van der Waals surface area (Å²) in [5, 5.41) is 8.50. The van der Waals surface area contributed by atoms with Gasteiger partial charge in [-0.3, -0.25) is 0 Å². The van der Waals surface area contributed by atoms with Gasteiger partial charge in [-0.15, -0.1) is 0 Å². The molecule has 0 atom stereocenters. The number of benzene rings is 2. The predicted octanol–water partition coefficient (Wildman–Crippen LogP) is 3.50. The predicted molar refractivity (Wildman–Crippen MR) is 73.8 cm³/mol. The van der Waals surface area contributed by atoms with Crippen LogP contribution in [0.25, 0.3) is 6.08 Å². The molecule has 4 heteroatoms. The summed E-state index contributed by atoms with van der Waals surface area (Å²) in [6.07, 6.45) is 2.28. The van der Waals surface area contributed by atoms with E-state index in [9.17, 15) is 9.18 Å². The second kappa shape index (κ2) is 6.52. The number of ether oxygens (including phenoxy) is 1. The topological polar surface area (TPSA) is 46.5 Å². The lowest BCUT2D eigenvalue weighted by atomic mass is 10.2. The van der Waals surface area contributed by atoms with Crippen LogP contribution in [0.4, 0.5) is 4.39 Å². The fraction of sp³-hybridized carbons (Fsp3) is 0.0625. The maximum absolute atomic E-state index is 13.8. The van der Waals surface area contributed by atoms with Gasteiger partial charge in [0.05, 0.1) is 0 Å². The Labute approximate surface area is 115 Å². The average Bonchev–Trinajstić information content (AvgIpc) is 2.45. The Morgan fingerprint density at radius 1 is 1.20 bits per heavy atom. The Bertz CT molecular complexity index is 621. The molecule has 0 radical (unpaired) electrons. The van der Waals surface area contributed by atoms with Crippen LogP contribution in [0.1, 0.15) is 11.1 Å². The molecule has 0 heterocycles. The highest BCUT2D eigenvalue weighted by Crippen LogP contribution is 2.20. The van der Waals surface area contributed by atoms with Crippen LogP contribution in [0.5, 0.6) is 5.75 Å². The van der Waals surface area contributed by atoms with Gasteiger partial charge in [-0.25, -0.2) is 9.18 Å². The zero-order chi connectivity index (χ0) is 14.4. The van der Waals surface area contributed by atoms with E-state index in [1.165, 1.54) is 18.2 Å². The van der Waals surface area contributed by atoms with E-state index in [1.807, 2.05) is 30.3 Å². The molecule has 2 aromatic carbocycles. The highest BCUT2D eigenvalue weighted by molar-refractivity contribution is 5.85. The van der Waals surface area contributed by atoms with Crippen molar-refractivity contribution in [1.82, 2.24) is 0 Å². The molecule has 0 aliphatic rings. The van der Waals surface area contributed by atoms with E-state index in [1.54, 1.807) is 6.07 Å². The highest BCUT2D eigenvalue weighted by atomic mass is 19.1. The Morgan fingerprint density at radius 3 is 2.60 bits per heavy atom. The molecular formula is C16H13FO3. The van der Waals surface area contributed by atoms with Crippen LogP contribution in [-0.4, -0.2) is 11.1 Å². The first kappa shape index (κ1) is 13.8. The highest BCUT2D eigenvalue weighted by Gasteiger charge is 2.04. The van der Waals surface area contributed by atoms with Crippen LogP contribution in [-0.2, 0) is 11.4 Å². The summed E-state index contributed by atoms with van der Waals surface area (Å²) in [4.78, 5) is 10.4. The molecule has 0 unspecified atom stereocenters. The first-order valence-corrected chi connectivity index (χ1v) is 6.02. The molecule has 0 saturated carbocycles. The molecule has 0 fully saturated rings. The number of halogens is 1. The first-order valence-electron chi connectivity index (χ1n) is 6.02. The number of carboxylic acids is 1. The molecule has 0 saturated heterocycles. The SMILES string of the molecule is O=C(O)/C=C/c1ccc(OCc2ccccc2)c(F)c1. The van der Waals surface area contributed by atoms with Gasteiger partial charge in [0, 0.05) is 6.08 Å². The molecule has 0 spiro atoms. The zero-order valence-electron chi connectivity index (χ0n) is 10.6. The van der Waals surface area contributed by atoms with E-state index in [-0.39, 0.29) is 12.4 Å². The second-order valence-electron chi connectivity index (χ2n) is 4.14. The molecule has 0 aromatic heterocycles. The van der Waals surface area contributed by atoms with Crippen LogP contribution in [0.2, 0.25) is 0 Å². The molecule has 20 heavy (non-hydrogen) atoms. The van der Waals surface area contributed by atoms with E-state index in [4.69, 9.17) is 9.84 Å². The third kappa shape index (κ3) is 3.95. The van der Waals surface area contributed by atoms with Crippen LogP contribution in [0.15, 0.2) is 54.6 Å². The van der Waals surface area contributed by atoms with Crippen molar-refractivity contribution >= 4 is 12.0 Å². The molecule has 2 aromatic rings. The largest absolute Gasteiger partial charge is 0.486 e. The molecular weight excluding hydrogens is 259 g/mol. The monoisotopic (exact) mass is 272 g/mol. The van der Waals surface area contributed by atoms with Gasteiger partial charge in [0.2, 0.25) is 0 Å². The van der Waals surface area contributed by atoms with Gasteiger partial charge in [-0.05, 0) is 29.3 Å². The fourth-order valence-corrected chi connectivity index (χ4v) is 1.64. The quantitative estimate of drug-likeness (QED) is 0.847. The van der Waals surface area contributed by atoms with E-state index in [0.29, 0.717) is 5.56 Å². The molecule has 0 aliphatic heterocycles. The number of aliphatic carboxylic acids is 1. The van der Waals surface area contributed by atoms with Gasteiger partial charge in [0.1, 0.15) is 6.61 Å². The summed E-state index contributed by atoms with van der Waals surface area (Å²) < 4.78 is 19.2. The van der Waals surface area contributed by atoms with Gasteiger partial charge in [-0.1, -0.05) is 36.4 Å². The third-order valence-electron chi connectivity index (χ3n) is 2.61. The Balaban J connectivity index is 2.04. The second-order valence-corrected chi connectivity index (χ2v) is 4.14. The minimum absolute atomic E-state index is 0.140. The third-order valence-corrected chi connectivity index (χ3v) is 2.61. The first-order chi connectivity index (χ1) is 9.65. The lowest BCUT2D eigenvalue weighted by molar-refractivity contribution is -0.131. The molecule has 0 aliphatic carbocycles. The summed E-state index contributed by atoms with van der Waals surface area (Å²) in [6, 6.07) is 13.8. The van der Waals surface area contributed by atoms with Crippen molar-refractivity contribution in [2.24, 2.45) is 0 Å². The maximum Gasteiger partial charge on any atom is 0.328 e. The summed E-state index contributed by atoms with van der Waals surface area (Å²) in [6.45, 7) is 0.280. The van der Waals surface area contributed by atoms with Crippen LogP contribution >= 0.6 is 0 Å². The van der Waals surface area contributed by atoms with Crippen molar-refractivity contribution in [1.29, 1.82) is 0 Å². The van der Waals surface area contributed by atoms with Crippen LogP contribution < -0.4 is 4.74 Å². The summed E-state index contributed by atoms with van der Waals surface area (Å²) in [5.41, 5.74) is 1.42. The van der Waals surface area contributed by atoms with E-state index in [0.717, 1.165) is 11.6 Å². The average molecular weight is 272 g/mol. The van der Waals surface area contributed by atoms with E-state index in [2.05, 4.69) is 0 Å².